The molecule has 6 aromatic rings. The zero-order valence-corrected chi connectivity index (χ0v) is 23.6. The van der Waals surface area contributed by atoms with Gasteiger partial charge in [-0.1, -0.05) is 94.8 Å². The van der Waals surface area contributed by atoms with Crippen molar-refractivity contribution in [2.45, 2.75) is 6.42 Å². The van der Waals surface area contributed by atoms with Crippen molar-refractivity contribution in [2.75, 3.05) is 22.5 Å². The first-order chi connectivity index (χ1) is 20.1. The molecule has 0 unspecified atom stereocenters. The Morgan fingerprint density at radius 1 is 0.756 bits per heavy atom. The number of nitrogens with one attached hydrogen (secondary N) is 3. The van der Waals surface area contributed by atoms with Crippen molar-refractivity contribution >= 4 is 50.3 Å². The molecule has 0 bridgehead atoms. The highest BCUT2D eigenvalue weighted by Crippen LogP contribution is 2.42. The zero-order valence-electron chi connectivity index (χ0n) is 22.0. The summed E-state index contributed by atoms with van der Waals surface area (Å²) in [6.45, 7) is 0.655. The number of aromatic nitrogens is 2. The summed E-state index contributed by atoms with van der Waals surface area (Å²) < 4.78 is 7.20. The number of benzene rings is 4. The van der Waals surface area contributed by atoms with Gasteiger partial charge in [0.25, 0.3) is 0 Å². The average Bonchev–Trinajstić information content (AvgIpc) is 3.40. The van der Waals surface area contributed by atoms with Crippen LogP contribution in [0.25, 0.3) is 33.6 Å². The quantitative estimate of drug-likeness (QED) is 0.162. The van der Waals surface area contributed by atoms with Crippen molar-refractivity contribution in [1.82, 2.24) is 9.97 Å². The number of furan rings is 1. The van der Waals surface area contributed by atoms with Gasteiger partial charge in [-0.25, -0.2) is 14.8 Å². The predicted molar refractivity (Wildman–Crippen MR) is 168 cm³/mol. The number of carbonyl (C=O) groups is 1. The lowest BCUT2D eigenvalue weighted by atomic mass is 9.99. The fraction of sp³-hybridized carbons (Fsp3) is 0.0606. The molecule has 0 aliphatic rings. The van der Waals surface area contributed by atoms with Gasteiger partial charge in [0.05, 0.1) is 5.39 Å². The molecule has 202 valence electrons. The van der Waals surface area contributed by atoms with Gasteiger partial charge in [-0.15, -0.1) is 0 Å². The number of fused-ring (bicyclic) bond motifs is 1. The monoisotopic (exact) mass is 603 g/mol. The molecule has 2 amide bonds. The Labute approximate surface area is 245 Å². The van der Waals surface area contributed by atoms with Crippen molar-refractivity contribution in [3.05, 3.63) is 126 Å². The molecule has 0 saturated heterocycles. The summed E-state index contributed by atoms with van der Waals surface area (Å²) in [5.41, 5.74) is 6.07. The molecule has 0 aliphatic heterocycles. The Balaban J connectivity index is 1.17. The number of anilines is 3. The van der Waals surface area contributed by atoms with E-state index in [1.54, 1.807) is 0 Å². The number of carbonyl (C=O) groups excluding carboxylic acids is 1. The van der Waals surface area contributed by atoms with Crippen LogP contribution in [-0.2, 0) is 6.42 Å². The number of urea groups is 1. The topological polar surface area (TPSA) is 92.1 Å². The number of amides is 2. The highest BCUT2D eigenvalue weighted by Gasteiger charge is 2.21. The van der Waals surface area contributed by atoms with Crippen molar-refractivity contribution in [2.24, 2.45) is 0 Å². The molecule has 8 heteroatoms. The molecule has 0 fully saturated rings. The molecule has 7 nitrogen and oxygen atoms in total. The van der Waals surface area contributed by atoms with E-state index in [1.165, 1.54) is 6.33 Å². The lowest BCUT2D eigenvalue weighted by Crippen LogP contribution is -2.19. The first kappa shape index (κ1) is 26.3. The summed E-state index contributed by atoms with van der Waals surface area (Å²) >= 11 is 3.41. The molecule has 41 heavy (non-hydrogen) atoms. The summed E-state index contributed by atoms with van der Waals surface area (Å²) in [7, 11) is 0. The van der Waals surface area contributed by atoms with E-state index in [4.69, 9.17) is 4.42 Å². The standard InChI is InChI=1S/C33H26BrN5O2/c34-25-12-7-13-27(20-25)39-33(40)38-26-16-14-22(15-17-26)18-19-35-31-29-28(23-8-3-1-4-9-23)30(24-10-5-2-6-11-24)41-32(29)37-21-36-31/h1-17,20-21H,18-19H2,(H,35,36,37)(H2,38,39,40). The van der Waals surface area contributed by atoms with Crippen LogP contribution in [0.1, 0.15) is 5.56 Å². The number of hydrogen-bond acceptors (Lipinski definition) is 5. The third-order valence-electron chi connectivity index (χ3n) is 6.59. The molecule has 6 rings (SSSR count). The molecule has 0 atom stereocenters. The number of rotatable bonds is 8. The largest absolute Gasteiger partial charge is 0.437 e. The third-order valence-corrected chi connectivity index (χ3v) is 7.08. The van der Waals surface area contributed by atoms with E-state index in [0.29, 0.717) is 23.6 Å². The van der Waals surface area contributed by atoms with Crippen LogP contribution < -0.4 is 16.0 Å². The van der Waals surface area contributed by atoms with E-state index in [1.807, 2.05) is 97.1 Å². The van der Waals surface area contributed by atoms with E-state index in [9.17, 15) is 4.79 Å². The van der Waals surface area contributed by atoms with E-state index < -0.39 is 0 Å². The minimum absolute atomic E-state index is 0.297. The Hall–Kier alpha value is -4.95. The summed E-state index contributed by atoms with van der Waals surface area (Å²) in [5.74, 6) is 1.49. The number of hydrogen-bond donors (Lipinski definition) is 3. The van der Waals surface area contributed by atoms with Crippen molar-refractivity contribution in [1.29, 1.82) is 0 Å². The van der Waals surface area contributed by atoms with Gasteiger partial charge in [0.2, 0.25) is 5.71 Å². The van der Waals surface area contributed by atoms with Crippen LogP contribution in [0.5, 0.6) is 0 Å². The third kappa shape index (κ3) is 6.13. The first-order valence-corrected chi connectivity index (χ1v) is 14.0. The minimum atomic E-state index is -0.297. The Morgan fingerprint density at radius 3 is 2.20 bits per heavy atom. The highest BCUT2D eigenvalue weighted by atomic mass is 79.9. The van der Waals surface area contributed by atoms with Gasteiger partial charge < -0.3 is 20.4 Å². The zero-order chi connectivity index (χ0) is 28.0. The van der Waals surface area contributed by atoms with Gasteiger partial charge in [-0.05, 0) is 47.9 Å². The van der Waals surface area contributed by atoms with E-state index >= 15 is 0 Å². The second-order valence-electron chi connectivity index (χ2n) is 9.40. The van der Waals surface area contributed by atoms with Crippen LogP contribution in [0.15, 0.2) is 124 Å². The molecule has 3 N–H and O–H groups in total. The highest BCUT2D eigenvalue weighted by molar-refractivity contribution is 9.10. The van der Waals surface area contributed by atoms with Crippen LogP contribution in [0.3, 0.4) is 0 Å². The lowest BCUT2D eigenvalue weighted by Gasteiger charge is -2.10. The Bertz CT molecular complexity index is 1790. The fourth-order valence-corrected chi connectivity index (χ4v) is 5.08. The van der Waals surface area contributed by atoms with Crippen LogP contribution in [-0.4, -0.2) is 22.5 Å². The van der Waals surface area contributed by atoms with Crippen molar-refractivity contribution in [3.8, 4) is 22.5 Å². The maximum absolute atomic E-state index is 12.4. The lowest BCUT2D eigenvalue weighted by molar-refractivity contribution is 0.262. The van der Waals surface area contributed by atoms with E-state index in [-0.39, 0.29) is 6.03 Å². The van der Waals surface area contributed by atoms with Gasteiger partial charge in [-0.3, -0.25) is 0 Å². The van der Waals surface area contributed by atoms with Crippen LogP contribution >= 0.6 is 15.9 Å². The van der Waals surface area contributed by atoms with Crippen LogP contribution in [0.2, 0.25) is 0 Å². The first-order valence-electron chi connectivity index (χ1n) is 13.2. The van der Waals surface area contributed by atoms with Gasteiger partial charge in [-0.2, -0.15) is 0 Å². The molecule has 0 radical (unpaired) electrons. The van der Waals surface area contributed by atoms with Gasteiger partial charge in [0.15, 0.2) is 0 Å². The molecule has 0 spiro atoms. The van der Waals surface area contributed by atoms with E-state index in [2.05, 4.69) is 54.0 Å². The second-order valence-corrected chi connectivity index (χ2v) is 10.3. The van der Waals surface area contributed by atoms with Crippen LogP contribution in [0, 0.1) is 0 Å². The Morgan fingerprint density at radius 2 is 1.46 bits per heavy atom. The van der Waals surface area contributed by atoms with Gasteiger partial charge in [0.1, 0.15) is 17.9 Å². The maximum Gasteiger partial charge on any atom is 0.323 e. The second kappa shape index (κ2) is 12.1. The normalized spacial score (nSPS) is 10.9. The number of nitrogens with zero attached hydrogens (tertiary/aromatic N) is 2. The molecular weight excluding hydrogens is 578 g/mol. The van der Waals surface area contributed by atoms with E-state index in [0.717, 1.165) is 50.1 Å². The smallest absolute Gasteiger partial charge is 0.323 e. The predicted octanol–water partition coefficient (Wildman–Crippen LogP) is 8.62. The Kier molecular flexibility index (Phi) is 7.73. The maximum atomic E-state index is 12.4. The molecule has 0 saturated carbocycles. The SMILES string of the molecule is O=C(Nc1ccc(CCNc2ncnc3oc(-c4ccccc4)c(-c4ccccc4)c23)cc1)Nc1cccc(Br)c1. The van der Waals surface area contributed by atoms with Crippen molar-refractivity contribution in [3.63, 3.8) is 0 Å². The number of halogens is 1. The summed E-state index contributed by atoms with van der Waals surface area (Å²) in [5, 5.41) is 10.1. The molecule has 2 heterocycles. The summed E-state index contributed by atoms with van der Waals surface area (Å²) in [6, 6.07) is 35.2. The minimum Gasteiger partial charge on any atom is -0.437 e. The van der Waals surface area contributed by atoms with Gasteiger partial charge in [0, 0.05) is 33.5 Å². The molecule has 0 aliphatic carbocycles. The molecule has 2 aromatic heterocycles. The molecular formula is C33H26BrN5O2. The summed E-state index contributed by atoms with van der Waals surface area (Å²) in [6.07, 6.45) is 2.29. The van der Waals surface area contributed by atoms with Crippen molar-refractivity contribution < 1.29 is 9.21 Å². The molecule has 4 aromatic carbocycles. The fourth-order valence-electron chi connectivity index (χ4n) is 4.68. The summed E-state index contributed by atoms with van der Waals surface area (Å²) in [4.78, 5) is 21.4. The van der Waals surface area contributed by atoms with Crippen LogP contribution in [0.4, 0.5) is 22.0 Å². The van der Waals surface area contributed by atoms with Gasteiger partial charge >= 0.3 is 6.03 Å². The average molecular weight is 605 g/mol.